The molecule has 1 N–H and O–H groups in total. The van der Waals surface area contributed by atoms with Gasteiger partial charge < -0.3 is 9.73 Å². The van der Waals surface area contributed by atoms with Crippen molar-refractivity contribution in [2.45, 2.75) is 39.7 Å². The van der Waals surface area contributed by atoms with E-state index in [2.05, 4.69) is 43.4 Å². The molecule has 1 aromatic heterocycles. The second kappa shape index (κ2) is 6.46. The number of hydrogen-bond acceptors (Lipinski definition) is 2. The van der Waals surface area contributed by atoms with E-state index in [9.17, 15) is 0 Å². The van der Waals surface area contributed by atoms with Crippen LogP contribution in [-0.4, -0.2) is 6.54 Å². The highest BCUT2D eigenvalue weighted by atomic mass is 16.3. The standard InChI is InChI=1S/C13H21NO/c1-4-6-7-10-14-11(3)13-9-8-12(5-2)15-13/h4,6,8-9,11,14H,5,7,10H2,1-3H3/b6-4+. The van der Waals surface area contributed by atoms with E-state index < -0.39 is 0 Å². The molecular weight excluding hydrogens is 186 g/mol. The maximum atomic E-state index is 5.67. The number of hydrogen-bond donors (Lipinski definition) is 1. The van der Waals surface area contributed by atoms with Gasteiger partial charge in [0.05, 0.1) is 6.04 Å². The number of aryl methyl sites for hydroxylation is 1. The van der Waals surface area contributed by atoms with E-state index in [0.29, 0.717) is 6.04 Å². The highest BCUT2D eigenvalue weighted by molar-refractivity contribution is 5.10. The molecule has 0 amide bonds. The Kier molecular flexibility index (Phi) is 5.19. The van der Waals surface area contributed by atoms with Crippen LogP contribution in [0.4, 0.5) is 0 Å². The van der Waals surface area contributed by atoms with Gasteiger partial charge in [0, 0.05) is 6.42 Å². The minimum atomic E-state index is 0.301. The van der Waals surface area contributed by atoms with E-state index in [4.69, 9.17) is 4.42 Å². The smallest absolute Gasteiger partial charge is 0.120 e. The summed E-state index contributed by atoms with van der Waals surface area (Å²) in [6, 6.07) is 4.42. The van der Waals surface area contributed by atoms with Gasteiger partial charge in [-0.3, -0.25) is 0 Å². The first-order valence-electron chi connectivity index (χ1n) is 5.71. The fourth-order valence-electron chi connectivity index (χ4n) is 1.47. The fourth-order valence-corrected chi connectivity index (χ4v) is 1.47. The summed E-state index contributed by atoms with van der Waals surface area (Å²) in [4.78, 5) is 0. The lowest BCUT2D eigenvalue weighted by atomic mass is 10.2. The number of furan rings is 1. The average Bonchev–Trinajstić information content (AvgIpc) is 2.72. The summed E-state index contributed by atoms with van der Waals surface area (Å²) in [5.41, 5.74) is 0. The molecule has 2 nitrogen and oxygen atoms in total. The number of rotatable bonds is 6. The van der Waals surface area contributed by atoms with Crippen molar-refractivity contribution in [3.8, 4) is 0 Å². The van der Waals surface area contributed by atoms with E-state index in [0.717, 1.165) is 30.9 Å². The van der Waals surface area contributed by atoms with Crippen molar-refractivity contribution in [3.63, 3.8) is 0 Å². The van der Waals surface area contributed by atoms with Gasteiger partial charge in [-0.15, -0.1) is 0 Å². The molecule has 15 heavy (non-hydrogen) atoms. The van der Waals surface area contributed by atoms with E-state index in [1.54, 1.807) is 0 Å². The van der Waals surface area contributed by atoms with Crippen molar-refractivity contribution in [2.24, 2.45) is 0 Å². The first-order chi connectivity index (χ1) is 7.27. The van der Waals surface area contributed by atoms with Crippen LogP contribution in [0.5, 0.6) is 0 Å². The molecule has 2 heteroatoms. The zero-order valence-corrected chi connectivity index (χ0v) is 9.92. The molecule has 0 saturated carbocycles. The minimum absolute atomic E-state index is 0.301. The van der Waals surface area contributed by atoms with Gasteiger partial charge in [0.1, 0.15) is 11.5 Å². The van der Waals surface area contributed by atoms with Crippen LogP contribution in [0.1, 0.15) is 44.8 Å². The predicted molar refractivity (Wildman–Crippen MR) is 63.9 cm³/mol. The van der Waals surface area contributed by atoms with Crippen molar-refractivity contribution in [3.05, 3.63) is 35.8 Å². The summed E-state index contributed by atoms with van der Waals surface area (Å²) in [6.45, 7) is 7.28. The third-order valence-corrected chi connectivity index (χ3v) is 2.45. The van der Waals surface area contributed by atoms with Gasteiger partial charge in [0.15, 0.2) is 0 Å². The fraction of sp³-hybridized carbons (Fsp3) is 0.538. The van der Waals surface area contributed by atoms with Crippen LogP contribution >= 0.6 is 0 Å². The zero-order chi connectivity index (χ0) is 11.1. The molecular formula is C13H21NO. The normalized spacial score (nSPS) is 13.5. The van der Waals surface area contributed by atoms with E-state index >= 15 is 0 Å². The van der Waals surface area contributed by atoms with Gasteiger partial charge in [-0.2, -0.15) is 0 Å². The lowest BCUT2D eigenvalue weighted by Gasteiger charge is -2.09. The molecule has 1 rings (SSSR count). The van der Waals surface area contributed by atoms with Crippen LogP contribution in [0.15, 0.2) is 28.7 Å². The van der Waals surface area contributed by atoms with Gasteiger partial charge in [-0.1, -0.05) is 19.1 Å². The lowest BCUT2D eigenvalue weighted by Crippen LogP contribution is -2.18. The summed E-state index contributed by atoms with van der Waals surface area (Å²) in [7, 11) is 0. The predicted octanol–water partition coefficient (Wildman–Crippen LogP) is 3.46. The molecule has 0 fully saturated rings. The first-order valence-corrected chi connectivity index (χ1v) is 5.71. The van der Waals surface area contributed by atoms with E-state index in [1.165, 1.54) is 0 Å². The largest absolute Gasteiger partial charge is 0.464 e. The van der Waals surface area contributed by atoms with E-state index in [1.807, 2.05) is 6.92 Å². The van der Waals surface area contributed by atoms with Crippen LogP contribution in [0.3, 0.4) is 0 Å². The maximum absolute atomic E-state index is 5.67. The van der Waals surface area contributed by atoms with E-state index in [-0.39, 0.29) is 0 Å². The van der Waals surface area contributed by atoms with Crippen molar-refractivity contribution >= 4 is 0 Å². The molecule has 84 valence electrons. The van der Waals surface area contributed by atoms with Crippen molar-refractivity contribution in [1.29, 1.82) is 0 Å². The Hall–Kier alpha value is -1.02. The minimum Gasteiger partial charge on any atom is -0.464 e. The Morgan fingerprint density at radius 1 is 1.47 bits per heavy atom. The molecule has 1 aromatic rings. The maximum Gasteiger partial charge on any atom is 0.120 e. The van der Waals surface area contributed by atoms with Crippen molar-refractivity contribution in [2.75, 3.05) is 6.54 Å². The highest BCUT2D eigenvalue weighted by Crippen LogP contribution is 2.16. The average molecular weight is 207 g/mol. The van der Waals surface area contributed by atoms with Crippen LogP contribution in [-0.2, 0) is 6.42 Å². The lowest BCUT2D eigenvalue weighted by molar-refractivity contribution is 0.411. The number of allylic oxidation sites excluding steroid dienone is 1. The summed E-state index contributed by atoms with van der Waals surface area (Å²) >= 11 is 0. The van der Waals surface area contributed by atoms with Crippen LogP contribution < -0.4 is 5.32 Å². The summed E-state index contributed by atoms with van der Waals surface area (Å²) in [6.07, 6.45) is 6.28. The van der Waals surface area contributed by atoms with Crippen LogP contribution in [0.2, 0.25) is 0 Å². The second-order valence-electron chi connectivity index (χ2n) is 3.69. The molecule has 0 radical (unpaired) electrons. The Bertz CT molecular complexity index is 301. The van der Waals surface area contributed by atoms with Gasteiger partial charge in [-0.25, -0.2) is 0 Å². The van der Waals surface area contributed by atoms with Crippen molar-refractivity contribution < 1.29 is 4.42 Å². The SMILES string of the molecule is C/C=C/CCNC(C)c1ccc(CC)o1. The molecule has 0 spiro atoms. The second-order valence-corrected chi connectivity index (χ2v) is 3.69. The molecule has 1 heterocycles. The molecule has 0 bridgehead atoms. The molecule has 1 unspecified atom stereocenters. The quantitative estimate of drug-likeness (QED) is 0.571. The first kappa shape index (κ1) is 12.1. The number of nitrogens with one attached hydrogen (secondary N) is 1. The van der Waals surface area contributed by atoms with Crippen LogP contribution in [0, 0.1) is 0 Å². The summed E-state index contributed by atoms with van der Waals surface area (Å²) < 4.78 is 5.67. The molecule has 0 aliphatic heterocycles. The Balaban J connectivity index is 2.36. The zero-order valence-electron chi connectivity index (χ0n) is 9.92. The van der Waals surface area contributed by atoms with Gasteiger partial charge in [0.2, 0.25) is 0 Å². The molecule has 0 aliphatic rings. The third-order valence-electron chi connectivity index (χ3n) is 2.45. The molecule has 0 aliphatic carbocycles. The molecule has 0 saturated heterocycles. The van der Waals surface area contributed by atoms with Gasteiger partial charge >= 0.3 is 0 Å². The van der Waals surface area contributed by atoms with Gasteiger partial charge in [-0.05, 0) is 38.9 Å². The van der Waals surface area contributed by atoms with Crippen LogP contribution in [0.25, 0.3) is 0 Å². The Labute approximate surface area is 92.4 Å². The Morgan fingerprint density at radius 2 is 2.27 bits per heavy atom. The molecule has 1 atom stereocenters. The van der Waals surface area contributed by atoms with Crippen molar-refractivity contribution in [1.82, 2.24) is 5.32 Å². The highest BCUT2D eigenvalue weighted by Gasteiger charge is 2.08. The van der Waals surface area contributed by atoms with Gasteiger partial charge in [0.25, 0.3) is 0 Å². The monoisotopic (exact) mass is 207 g/mol. The third kappa shape index (κ3) is 3.92. The topological polar surface area (TPSA) is 25.2 Å². The summed E-state index contributed by atoms with van der Waals surface area (Å²) in [5, 5.41) is 3.43. The molecule has 0 aromatic carbocycles. The Morgan fingerprint density at radius 3 is 2.87 bits per heavy atom. The summed E-state index contributed by atoms with van der Waals surface area (Å²) in [5.74, 6) is 2.10.